The van der Waals surface area contributed by atoms with Crippen LogP contribution >= 0.6 is 11.3 Å². The van der Waals surface area contributed by atoms with E-state index in [1.54, 1.807) is 37.5 Å². The average molecular weight is 283 g/mol. The van der Waals surface area contributed by atoms with Crippen LogP contribution in [0.15, 0.2) is 35.4 Å². The van der Waals surface area contributed by atoms with Crippen LogP contribution < -0.4 is 10.0 Å². The van der Waals surface area contributed by atoms with E-state index in [4.69, 9.17) is 0 Å². The Bertz CT molecular complexity index is 633. The van der Waals surface area contributed by atoms with E-state index in [1.807, 2.05) is 6.92 Å². The second-order valence-electron chi connectivity index (χ2n) is 3.66. The summed E-state index contributed by atoms with van der Waals surface area (Å²) >= 11 is 1.30. The van der Waals surface area contributed by atoms with Crippen molar-refractivity contribution in [2.45, 2.75) is 11.8 Å². The molecule has 0 saturated heterocycles. The lowest BCUT2D eigenvalue weighted by atomic mass is 10.3. The van der Waals surface area contributed by atoms with Crippen molar-refractivity contribution < 1.29 is 8.42 Å². The van der Waals surface area contributed by atoms with E-state index in [0.29, 0.717) is 5.13 Å². The molecule has 0 aliphatic carbocycles. The minimum absolute atomic E-state index is 0.217. The predicted octanol–water partition coefficient (Wildman–Crippen LogP) is 2.29. The van der Waals surface area contributed by atoms with Gasteiger partial charge in [-0.2, -0.15) is 0 Å². The van der Waals surface area contributed by atoms with Gasteiger partial charge in [0.1, 0.15) is 0 Å². The van der Waals surface area contributed by atoms with Crippen LogP contribution in [0.1, 0.15) is 4.88 Å². The van der Waals surface area contributed by atoms with E-state index in [0.717, 1.165) is 10.6 Å². The number of nitrogens with zero attached hydrogens (tertiary/aromatic N) is 1. The number of benzene rings is 1. The highest BCUT2D eigenvalue weighted by atomic mass is 32.2. The van der Waals surface area contributed by atoms with Crippen LogP contribution in [0.5, 0.6) is 0 Å². The van der Waals surface area contributed by atoms with Crippen molar-refractivity contribution in [3.8, 4) is 0 Å². The first-order chi connectivity index (χ1) is 8.51. The number of aryl methyl sites for hydroxylation is 1. The van der Waals surface area contributed by atoms with Gasteiger partial charge in [-0.05, 0) is 31.2 Å². The second kappa shape index (κ2) is 4.95. The van der Waals surface area contributed by atoms with E-state index in [2.05, 4.69) is 15.0 Å². The van der Waals surface area contributed by atoms with Crippen LogP contribution in [0, 0.1) is 6.92 Å². The van der Waals surface area contributed by atoms with Crippen LogP contribution in [0.3, 0.4) is 0 Å². The molecule has 0 saturated carbocycles. The van der Waals surface area contributed by atoms with Gasteiger partial charge in [0, 0.05) is 23.8 Å². The number of hydrogen-bond acceptors (Lipinski definition) is 5. The molecular weight excluding hydrogens is 270 g/mol. The molecule has 2 aromatic rings. The average Bonchev–Trinajstić information content (AvgIpc) is 2.74. The summed E-state index contributed by atoms with van der Waals surface area (Å²) in [5.74, 6) is 0. The quantitative estimate of drug-likeness (QED) is 0.903. The summed E-state index contributed by atoms with van der Waals surface area (Å²) in [6.45, 7) is 1.87. The first-order valence-corrected chi connectivity index (χ1v) is 7.54. The van der Waals surface area contributed by atoms with Crippen LogP contribution in [-0.2, 0) is 10.0 Å². The first-order valence-electron chi connectivity index (χ1n) is 5.24. The maximum Gasteiger partial charge on any atom is 0.263 e. The molecule has 0 amide bonds. The van der Waals surface area contributed by atoms with Crippen molar-refractivity contribution in [1.82, 2.24) is 4.98 Å². The largest absolute Gasteiger partial charge is 0.388 e. The molecule has 0 unspecified atom stereocenters. The number of thiazole rings is 1. The van der Waals surface area contributed by atoms with Crippen LogP contribution in [0.2, 0.25) is 0 Å². The van der Waals surface area contributed by atoms with Gasteiger partial charge in [0.15, 0.2) is 5.13 Å². The Labute approximate surface area is 110 Å². The van der Waals surface area contributed by atoms with Gasteiger partial charge in [-0.25, -0.2) is 13.4 Å². The standard InChI is InChI=1S/C11H13N3O2S2/c1-8-7-13-11(17-8)14-18(15,16)10-5-3-9(12-2)4-6-10/h3-7,12H,1-2H3,(H,13,14). The molecule has 1 heterocycles. The van der Waals surface area contributed by atoms with Crippen LogP contribution in [-0.4, -0.2) is 20.4 Å². The predicted molar refractivity (Wildman–Crippen MR) is 73.6 cm³/mol. The van der Waals surface area contributed by atoms with E-state index in [1.165, 1.54) is 11.3 Å². The van der Waals surface area contributed by atoms with E-state index in [-0.39, 0.29) is 4.90 Å². The molecule has 0 spiro atoms. The van der Waals surface area contributed by atoms with Gasteiger partial charge >= 0.3 is 0 Å². The molecule has 7 heteroatoms. The van der Waals surface area contributed by atoms with Crippen molar-refractivity contribution >= 4 is 32.2 Å². The molecule has 0 radical (unpaired) electrons. The Kier molecular flexibility index (Phi) is 3.53. The van der Waals surface area contributed by atoms with Gasteiger partial charge in [-0.1, -0.05) is 0 Å². The van der Waals surface area contributed by atoms with Gasteiger partial charge in [-0.15, -0.1) is 11.3 Å². The van der Waals surface area contributed by atoms with Gasteiger partial charge in [0.05, 0.1) is 4.90 Å². The van der Waals surface area contributed by atoms with Gasteiger partial charge in [0.2, 0.25) is 0 Å². The van der Waals surface area contributed by atoms with Crippen LogP contribution in [0.4, 0.5) is 10.8 Å². The topological polar surface area (TPSA) is 71.1 Å². The smallest absolute Gasteiger partial charge is 0.263 e. The highest BCUT2D eigenvalue weighted by Crippen LogP contribution is 2.21. The fourth-order valence-electron chi connectivity index (χ4n) is 1.38. The van der Waals surface area contributed by atoms with Crippen molar-refractivity contribution in [3.05, 3.63) is 35.3 Å². The lowest BCUT2D eigenvalue weighted by Gasteiger charge is -2.06. The molecule has 0 aliphatic heterocycles. The van der Waals surface area contributed by atoms with Crippen molar-refractivity contribution in [2.75, 3.05) is 17.1 Å². The summed E-state index contributed by atoms with van der Waals surface area (Å²) < 4.78 is 26.5. The number of anilines is 2. The molecule has 96 valence electrons. The fourth-order valence-corrected chi connectivity index (χ4v) is 3.28. The molecule has 2 N–H and O–H groups in total. The van der Waals surface area contributed by atoms with Crippen molar-refractivity contribution in [1.29, 1.82) is 0 Å². The Hall–Kier alpha value is -1.60. The van der Waals surface area contributed by atoms with Crippen molar-refractivity contribution in [2.24, 2.45) is 0 Å². The highest BCUT2D eigenvalue weighted by Gasteiger charge is 2.15. The molecule has 0 aliphatic rings. The molecule has 5 nitrogen and oxygen atoms in total. The first kappa shape index (κ1) is 12.8. The summed E-state index contributed by atoms with van der Waals surface area (Å²) in [6, 6.07) is 6.52. The lowest BCUT2D eigenvalue weighted by molar-refractivity contribution is 0.601. The normalized spacial score (nSPS) is 11.2. The SMILES string of the molecule is CNc1ccc(S(=O)(=O)Nc2ncc(C)s2)cc1. The summed E-state index contributed by atoms with van der Waals surface area (Å²) in [5, 5.41) is 3.31. The summed E-state index contributed by atoms with van der Waals surface area (Å²) in [4.78, 5) is 5.15. The van der Waals surface area contributed by atoms with Crippen molar-refractivity contribution in [3.63, 3.8) is 0 Å². The van der Waals surface area contributed by atoms with E-state index < -0.39 is 10.0 Å². The van der Waals surface area contributed by atoms with E-state index >= 15 is 0 Å². The van der Waals surface area contributed by atoms with Gasteiger partial charge in [0.25, 0.3) is 10.0 Å². The number of hydrogen-bond donors (Lipinski definition) is 2. The molecular formula is C11H13N3O2S2. The zero-order valence-corrected chi connectivity index (χ0v) is 11.6. The minimum atomic E-state index is -3.55. The number of aromatic nitrogens is 1. The Balaban J connectivity index is 2.24. The zero-order valence-electron chi connectivity index (χ0n) is 9.97. The molecule has 2 rings (SSSR count). The second-order valence-corrected chi connectivity index (χ2v) is 6.57. The van der Waals surface area contributed by atoms with Gasteiger partial charge in [-0.3, -0.25) is 4.72 Å². The van der Waals surface area contributed by atoms with E-state index in [9.17, 15) is 8.42 Å². The third-order valence-corrected chi connectivity index (χ3v) is 4.61. The maximum absolute atomic E-state index is 12.0. The Morgan fingerprint density at radius 1 is 1.22 bits per heavy atom. The third kappa shape index (κ3) is 2.80. The summed E-state index contributed by atoms with van der Waals surface area (Å²) in [5.41, 5.74) is 0.860. The Morgan fingerprint density at radius 3 is 2.39 bits per heavy atom. The molecule has 0 bridgehead atoms. The van der Waals surface area contributed by atoms with Gasteiger partial charge < -0.3 is 5.32 Å². The zero-order chi connectivity index (χ0) is 13.2. The summed E-state index contributed by atoms with van der Waals surface area (Å²) in [6.07, 6.45) is 1.63. The number of rotatable bonds is 4. The molecule has 0 fully saturated rings. The molecule has 18 heavy (non-hydrogen) atoms. The monoisotopic (exact) mass is 283 g/mol. The minimum Gasteiger partial charge on any atom is -0.388 e. The van der Waals surface area contributed by atoms with Crippen LogP contribution in [0.25, 0.3) is 0 Å². The number of sulfonamides is 1. The Morgan fingerprint density at radius 2 is 1.89 bits per heavy atom. The lowest BCUT2D eigenvalue weighted by Crippen LogP contribution is -2.12. The number of nitrogens with one attached hydrogen (secondary N) is 2. The molecule has 1 aromatic heterocycles. The fraction of sp³-hybridized carbons (Fsp3) is 0.182. The molecule has 0 atom stereocenters. The highest BCUT2D eigenvalue weighted by molar-refractivity contribution is 7.93. The molecule has 1 aromatic carbocycles. The summed E-state index contributed by atoms with van der Waals surface area (Å²) in [7, 11) is -1.78. The third-order valence-electron chi connectivity index (χ3n) is 2.30. The maximum atomic E-state index is 12.0.